The van der Waals surface area contributed by atoms with E-state index >= 15 is 0 Å². The van der Waals surface area contributed by atoms with Crippen molar-refractivity contribution in [3.63, 3.8) is 0 Å². The van der Waals surface area contributed by atoms with Gasteiger partial charge in [0.15, 0.2) is 6.20 Å². The second kappa shape index (κ2) is 6.58. The highest BCUT2D eigenvalue weighted by atomic mass is 19.4. The van der Waals surface area contributed by atoms with Gasteiger partial charge < -0.3 is 15.4 Å². The standard InChI is InChI=1S/C21H17F3N4O2/c22-21(23,24)14-1-3-15(4-2-14)26-20(29)27-10-12-7-13(11-27)17-9-19-18(8-16(12)17)25-5-6-28(19)30/h1-6,8-9,12-13H,7,10-11H2,(H,26,29)/t12-,13?/m0/s1. The Hall–Kier alpha value is -3.36. The molecule has 1 unspecified atom stereocenters. The average Bonchev–Trinajstić information content (AvgIpc) is 2.96. The number of hydrogen-bond acceptors (Lipinski definition) is 3. The molecule has 154 valence electrons. The Kier molecular flexibility index (Phi) is 4.09. The SMILES string of the molecule is O=C(Nc1ccc(C(F)(F)F)cc1)N1CC2C[C@@H](C1)c1cc3ncc[n+]([O-])c3cc12. The first-order chi connectivity index (χ1) is 14.3. The van der Waals surface area contributed by atoms with Crippen LogP contribution in [0, 0.1) is 5.21 Å². The zero-order chi connectivity index (χ0) is 21.0. The van der Waals surface area contributed by atoms with Gasteiger partial charge >= 0.3 is 12.2 Å². The maximum atomic E-state index is 12.7. The maximum Gasteiger partial charge on any atom is 0.416 e. The molecule has 1 fully saturated rings. The summed E-state index contributed by atoms with van der Waals surface area (Å²) in [6.07, 6.45) is -0.693. The van der Waals surface area contributed by atoms with Crippen LogP contribution in [0.4, 0.5) is 23.7 Å². The molecule has 0 radical (unpaired) electrons. The number of likely N-dealkylation sites (tertiary alicyclic amines) is 1. The van der Waals surface area contributed by atoms with Gasteiger partial charge in [-0.2, -0.15) is 17.9 Å². The van der Waals surface area contributed by atoms with Gasteiger partial charge in [0.25, 0.3) is 0 Å². The van der Waals surface area contributed by atoms with Gasteiger partial charge in [-0.3, -0.25) is 0 Å². The molecule has 1 aliphatic heterocycles. The minimum absolute atomic E-state index is 0.113. The molecule has 3 aromatic rings. The van der Waals surface area contributed by atoms with Crippen molar-refractivity contribution in [2.75, 3.05) is 18.4 Å². The Morgan fingerprint density at radius 3 is 2.47 bits per heavy atom. The molecule has 1 N–H and O–H groups in total. The van der Waals surface area contributed by atoms with Gasteiger partial charge in [0.05, 0.1) is 11.8 Å². The first kappa shape index (κ1) is 18.7. The number of hydrogen-bond donors (Lipinski definition) is 1. The van der Waals surface area contributed by atoms with Crippen LogP contribution in [-0.2, 0) is 6.18 Å². The van der Waals surface area contributed by atoms with E-state index in [-0.39, 0.29) is 17.9 Å². The topological polar surface area (TPSA) is 72.2 Å². The highest BCUT2D eigenvalue weighted by Gasteiger charge is 2.40. The van der Waals surface area contributed by atoms with E-state index in [2.05, 4.69) is 10.3 Å². The van der Waals surface area contributed by atoms with Crippen LogP contribution < -0.4 is 10.0 Å². The zero-order valence-corrected chi connectivity index (χ0v) is 15.7. The van der Waals surface area contributed by atoms with Crippen LogP contribution >= 0.6 is 0 Å². The van der Waals surface area contributed by atoms with E-state index < -0.39 is 11.7 Å². The van der Waals surface area contributed by atoms with E-state index in [0.717, 1.165) is 34.4 Å². The summed E-state index contributed by atoms with van der Waals surface area (Å²) in [5, 5.41) is 14.7. The molecule has 30 heavy (non-hydrogen) atoms. The summed E-state index contributed by atoms with van der Waals surface area (Å²) in [5.74, 6) is 0.255. The second-order valence-electron chi connectivity index (χ2n) is 7.76. The third-order valence-electron chi connectivity index (χ3n) is 5.91. The summed E-state index contributed by atoms with van der Waals surface area (Å²) in [4.78, 5) is 18.7. The summed E-state index contributed by atoms with van der Waals surface area (Å²) >= 11 is 0. The molecule has 1 aromatic heterocycles. The number of anilines is 1. The molecular weight excluding hydrogens is 397 g/mol. The molecule has 9 heteroatoms. The Bertz CT molecular complexity index is 1150. The number of rotatable bonds is 1. The van der Waals surface area contributed by atoms with Crippen LogP contribution in [0.2, 0.25) is 0 Å². The number of nitrogens with zero attached hydrogens (tertiary/aromatic N) is 3. The van der Waals surface area contributed by atoms with Gasteiger partial charge in [0.2, 0.25) is 5.52 Å². The lowest BCUT2D eigenvalue weighted by Gasteiger charge is -2.32. The normalized spacial score (nSPS) is 20.3. The van der Waals surface area contributed by atoms with Gasteiger partial charge in [-0.05, 0) is 47.9 Å². The number of carbonyl (C=O) groups is 1. The Morgan fingerprint density at radius 1 is 1.13 bits per heavy atom. The fourth-order valence-corrected chi connectivity index (χ4v) is 4.51. The van der Waals surface area contributed by atoms with Crippen molar-refractivity contribution in [2.45, 2.75) is 24.4 Å². The smallest absolute Gasteiger partial charge is 0.416 e. The van der Waals surface area contributed by atoms with E-state index in [4.69, 9.17) is 0 Å². The van der Waals surface area contributed by atoms with Gasteiger partial charge in [-0.1, -0.05) is 0 Å². The van der Waals surface area contributed by atoms with E-state index in [1.807, 2.05) is 12.1 Å². The second-order valence-corrected chi connectivity index (χ2v) is 7.76. The minimum Gasteiger partial charge on any atom is -0.618 e. The van der Waals surface area contributed by atoms with Crippen LogP contribution in [0.15, 0.2) is 48.8 Å². The number of benzene rings is 2. The van der Waals surface area contributed by atoms with Crippen LogP contribution in [0.1, 0.15) is 34.9 Å². The number of carbonyl (C=O) groups excluding carboxylic acids is 1. The molecule has 1 saturated heterocycles. The number of alkyl halides is 3. The summed E-state index contributed by atoms with van der Waals surface area (Å²) in [7, 11) is 0. The first-order valence-electron chi connectivity index (χ1n) is 9.54. The van der Waals surface area contributed by atoms with E-state index in [9.17, 15) is 23.2 Å². The fourth-order valence-electron chi connectivity index (χ4n) is 4.51. The highest BCUT2D eigenvalue weighted by Crippen LogP contribution is 2.46. The molecule has 2 aromatic carbocycles. The summed E-state index contributed by atoms with van der Waals surface area (Å²) < 4.78 is 38.9. The molecule has 2 amide bonds. The molecular formula is C21H17F3N4O2. The molecule has 1 aliphatic carbocycles. The van der Waals surface area contributed by atoms with Crippen molar-refractivity contribution in [3.05, 3.63) is 70.7 Å². The molecule has 2 bridgehead atoms. The fraction of sp³-hybridized carbons (Fsp3) is 0.286. The lowest BCUT2D eigenvalue weighted by molar-refractivity contribution is -0.577. The Balaban J connectivity index is 1.35. The highest BCUT2D eigenvalue weighted by molar-refractivity contribution is 5.89. The number of halogens is 3. The van der Waals surface area contributed by atoms with Crippen molar-refractivity contribution in [1.29, 1.82) is 0 Å². The third-order valence-corrected chi connectivity index (χ3v) is 5.91. The van der Waals surface area contributed by atoms with Gasteiger partial charge in [0.1, 0.15) is 5.52 Å². The van der Waals surface area contributed by atoms with Gasteiger partial charge in [-0.15, -0.1) is 0 Å². The molecule has 5 rings (SSSR count). The average molecular weight is 414 g/mol. The third kappa shape index (κ3) is 3.10. The number of piperidine rings is 1. The van der Waals surface area contributed by atoms with Crippen LogP contribution in [-0.4, -0.2) is 29.0 Å². The van der Waals surface area contributed by atoms with Crippen molar-refractivity contribution in [1.82, 2.24) is 9.88 Å². The predicted octanol–water partition coefficient (Wildman–Crippen LogP) is 4.01. The van der Waals surface area contributed by atoms with Crippen molar-refractivity contribution in [2.24, 2.45) is 0 Å². The van der Waals surface area contributed by atoms with Gasteiger partial charge in [-0.25, -0.2) is 9.78 Å². The lowest BCUT2D eigenvalue weighted by Crippen LogP contribution is -2.42. The number of urea groups is 1. The molecule has 6 nitrogen and oxygen atoms in total. The van der Waals surface area contributed by atoms with Crippen molar-refractivity contribution in [3.8, 4) is 0 Å². The van der Waals surface area contributed by atoms with Crippen molar-refractivity contribution < 1.29 is 22.7 Å². The maximum absolute atomic E-state index is 12.7. The molecule has 2 heterocycles. The molecule has 0 saturated carbocycles. The van der Waals surface area contributed by atoms with Crippen LogP contribution in [0.3, 0.4) is 0 Å². The quantitative estimate of drug-likeness (QED) is 0.483. The van der Waals surface area contributed by atoms with E-state index in [0.29, 0.717) is 29.8 Å². The summed E-state index contributed by atoms with van der Waals surface area (Å²) in [6.45, 7) is 0.992. The summed E-state index contributed by atoms with van der Waals surface area (Å²) in [5.41, 5.74) is 2.85. The number of nitrogens with one attached hydrogen (secondary N) is 1. The first-order valence-corrected chi connectivity index (χ1v) is 9.54. The predicted molar refractivity (Wildman–Crippen MR) is 103 cm³/mol. The lowest BCUT2D eigenvalue weighted by atomic mass is 9.96. The van der Waals surface area contributed by atoms with Gasteiger partial charge in [0, 0.05) is 36.7 Å². The van der Waals surface area contributed by atoms with E-state index in [1.165, 1.54) is 24.5 Å². The largest absolute Gasteiger partial charge is 0.618 e. The Labute approximate surface area is 169 Å². The van der Waals surface area contributed by atoms with E-state index in [1.54, 1.807) is 4.90 Å². The number of fused-ring (bicyclic) bond motifs is 6. The Morgan fingerprint density at radius 2 is 1.80 bits per heavy atom. The van der Waals surface area contributed by atoms with Crippen LogP contribution in [0.25, 0.3) is 11.0 Å². The molecule has 2 atom stereocenters. The minimum atomic E-state index is -4.42. The number of amides is 2. The monoisotopic (exact) mass is 414 g/mol. The molecule has 2 aliphatic rings. The molecule has 0 spiro atoms. The summed E-state index contributed by atoms with van der Waals surface area (Å²) in [6, 6.07) is 7.84. The van der Waals surface area contributed by atoms with Crippen LogP contribution in [0.5, 0.6) is 0 Å². The number of aromatic nitrogens is 2. The van der Waals surface area contributed by atoms with Crippen molar-refractivity contribution >= 4 is 22.8 Å². The zero-order valence-electron chi connectivity index (χ0n) is 15.7.